The van der Waals surface area contributed by atoms with Crippen molar-refractivity contribution in [3.8, 4) is 0 Å². The minimum atomic E-state index is -0.0306. The molecule has 1 spiro atoms. The van der Waals surface area contributed by atoms with E-state index >= 15 is 0 Å². The fourth-order valence-corrected chi connectivity index (χ4v) is 3.95. The summed E-state index contributed by atoms with van der Waals surface area (Å²) >= 11 is 0. The molecule has 0 atom stereocenters. The number of carbonyl (C=O) groups excluding carboxylic acids is 2. The third-order valence-corrected chi connectivity index (χ3v) is 5.42. The van der Waals surface area contributed by atoms with E-state index in [2.05, 4.69) is 15.0 Å². The van der Waals surface area contributed by atoms with Crippen molar-refractivity contribution in [3.05, 3.63) is 54.4 Å². The molecule has 2 aliphatic rings. The van der Waals surface area contributed by atoms with Crippen molar-refractivity contribution in [1.29, 1.82) is 0 Å². The Morgan fingerprint density at radius 3 is 2.58 bits per heavy atom. The molecule has 2 saturated heterocycles. The van der Waals surface area contributed by atoms with Gasteiger partial charge < -0.3 is 9.80 Å². The monoisotopic (exact) mass is 351 g/mol. The van der Waals surface area contributed by atoms with Crippen LogP contribution in [0.5, 0.6) is 0 Å². The first-order chi connectivity index (χ1) is 12.7. The molecule has 0 saturated carbocycles. The van der Waals surface area contributed by atoms with Gasteiger partial charge in [0.2, 0.25) is 5.91 Å². The molecule has 0 unspecified atom stereocenters. The van der Waals surface area contributed by atoms with E-state index in [1.54, 1.807) is 18.6 Å². The lowest BCUT2D eigenvalue weighted by Crippen LogP contribution is -2.44. The number of amides is 2. The van der Waals surface area contributed by atoms with Gasteiger partial charge in [-0.05, 0) is 24.5 Å². The second kappa shape index (κ2) is 6.82. The highest BCUT2D eigenvalue weighted by molar-refractivity contribution is 5.93. The van der Waals surface area contributed by atoms with E-state index in [1.165, 1.54) is 6.33 Å². The third kappa shape index (κ3) is 3.29. The number of pyridine rings is 1. The zero-order chi connectivity index (χ0) is 18.0. The van der Waals surface area contributed by atoms with Crippen molar-refractivity contribution in [2.24, 2.45) is 5.41 Å². The number of nitrogens with zero attached hydrogens (tertiary/aromatic N) is 5. The zero-order valence-electron chi connectivity index (χ0n) is 14.5. The van der Waals surface area contributed by atoms with Crippen LogP contribution in [0.25, 0.3) is 0 Å². The maximum atomic E-state index is 12.5. The van der Waals surface area contributed by atoms with Gasteiger partial charge in [0.1, 0.15) is 6.33 Å². The first-order valence-corrected chi connectivity index (χ1v) is 8.86. The van der Waals surface area contributed by atoms with Crippen molar-refractivity contribution in [3.63, 3.8) is 0 Å². The Labute approximate surface area is 152 Å². The number of aromatic nitrogens is 3. The van der Waals surface area contributed by atoms with Crippen LogP contribution >= 0.6 is 0 Å². The van der Waals surface area contributed by atoms with Gasteiger partial charge in [-0.2, -0.15) is 0 Å². The summed E-state index contributed by atoms with van der Waals surface area (Å²) in [5.41, 5.74) is 1.56. The molecule has 2 amide bonds. The summed E-state index contributed by atoms with van der Waals surface area (Å²) in [6.45, 7) is 2.71. The van der Waals surface area contributed by atoms with Crippen molar-refractivity contribution in [2.75, 3.05) is 19.6 Å². The molecular formula is C19H21N5O2. The molecular weight excluding hydrogens is 330 g/mol. The summed E-state index contributed by atoms with van der Waals surface area (Å²) in [6.07, 6.45) is 10.3. The molecule has 2 aromatic heterocycles. The van der Waals surface area contributed by atoms with Gasteiger partial charge in [-0.15, -0.1) is 0 Å². The van der Waals surface area contributed by atoms with Gasteiger partial charge >= 0.3 is 0 Å². The van der Waals surface area contributed by atoms with E-state index in [4.69, 9.17) is 0 Å². The summed E-state index contributed by atoms with van der Waals surface area (Å²) in [5.74, 6) is 0.169. The number of carbonyl (C=O) groups is 2. The predicted octanol–water partition coefficient (Wildman–Crippen LogP) is 1.53. The van der Waals surface area contributed by atoms with Gasteiger partial charge in [0.05, 0.1) is 5.56 Å². The van der Waals surface area contributed by atoms with Gasteiger partial charge in [-0.3, -0.25) is 14.6 Å². The molecule has 0 N–H and O–H groups in total. The average molecular weight is 351 g/mol. The fourth-order valence-electron chi connectivity index (χ4n) is 3.95. The largest absolute Gasteiger partial charge is 0.339 e. The third-order valence-electron chi connectivity index (χ3n) is 5.42. The Balaban J connectivity index is 1.38. The minimum absolute atomic E-state index is 0.0107. The van der Waals surface area contributed by atoms with Crippen LogP contribution in [0.15, 0.2) is 43.2 Å². The van der Waals surface area contributed by atoms with Gasteiger partial charge in [-0.1, -0.05) is 6.07 Å². The molecule has 0 aliphatic carbocycles. The molecule has 2 aliphatic heterocycles. The van der Waals surface area contributed by atoms with Crippen molar-refractivity contribution < 1.29 is 9.59 Å². The van der Waals surface area contributed by atoms with Crippen molar-refractivity contribution >= 4 is 11.8 Å². The SMILES string of the molecule is O=C1CC2(CCN(C(=O)c3cncnc3)CC2)CN1Cc1cccnc1. The van der Waals surface area contributed by atoms with E-state index in [0.29, 0.717) is 31.6 Å². The Kier molecular flexibility index (Phi) is 4.36. The summed E-state index contributed by atoms with van der Waals surface area (Å²) in [7, 11) is 0. The summed E-state index contributed by atoms with van der Waals surface area (Å²) in [4.78, 5) is 40.8. The molecule has 26 heavy (non-hydrogen) atoms. The van der Waals surface area contributed by atoms with E-state index < -0.39 is 0 Å². The number of hydrogen-bond donors (Lipinski definition) is 0. The van der Waals surface area contributed by atoms with Crippen LogP contribution in [0.2, 0.25) is 0 Å². The maximum absolute atomic E-state index is 12.5. The van der Waals surface area contributed by atoms with Crippen LogP contribution in [0.3, 0.4) is 0 Å². The van der Waals surface area contributed by atoms with Crippen LogP contribution in [0.1, 0.15) is 35.2 Å². The lowest BCUT2D eigenvalue weighted by molar-refractivity contribution is -0.128. The summed E-state index contributed by atoms with van der Waals surface area (Å²) < 4.78 is 0. The van der Waals surface area contributed by atoms with Crippen molar-refractivity contribution in [2.45, 2.75) is 25.8 Å². The first kappa shape index (κ1) is 16.6. The van der Waals surface area contributed by atoms with E-state index in [9.17, 15) is 9.59 Å². The maximum Gasteiger partial charge on any atom is 0.256 e. The van der Waals surface area contributed by atoms with Gasteiger partial charge in [0.25, 0.3) is 5.91 Å². The molecule has 4 heterocycles. The molecule has 0 aromatic carbocycles. The molecule has 7 heteroatoms. The zero-order valence-corrected chi connectivity index (χ0v) is 14.5. The Hall–Kier alpha value is -2.83. The van der Waals surface area contributed by atoms with Crippen LogP contribution in [0, 0.1) is 5.41 Å². The Morgan fingerprint density at radius 2 is 1.88 bits per heavy atom. The highest BCUT2D eigenvalue weighted by Gasteiger charge is 2.45. The van der Waals surface area contributed by atoms with E-state index in [-0.39, 0.29) is 17.2 Å². The second-order valence-corrected chi connectivity index (χ2v) is 7.21. The summed E-state index contributed by atoms with van der Waals surface area (Å²) in [5, 5.41) is 0. The first-order valence-electron chi connectivity index (χ1n) is 8.86. The summed E-state index contributed by atoms with van der Waals surface area (Å²) in [6, 6.07) is 3.89. The highest BCUT2D eigenvalue weighted by Crippen LogP contribution is 2.41. The van der Waals surface area contributed by atoms with Crippen molar-refractivity contribution in [1.82, 2.24) is 24.8 Å². The Morgan fingerprint density at radius 1 is 1.12 bits per heavy atom. The van der Waals surface area contributed by atoms with Gasteiger partial charge in [0.15, 0.2) is 0 Å². The van der Waals surface area contributed by atoms with E-state index in [1.807, 2.05) is 28.1 Å². The van der Waals surface area contributed by atoms with Crippen LogP contribution in [0.4, 0.5) is 0 Å². The molecule has 0 radical (unpaired) electrons. The normalized spacial score (nSPS) is 19.2. The number of piperidine rings is 1. The number of likely N-dealkylation sites (tertiary alicyclic amines) is 2. The Bertz CT molecular complexity index is 788. The topological polar surface area (TPSA) is 79.3 Å². The second-order valence-electron chi connectivity index (χ2n) is 7.21. The van der Waals surface area contributed by atoms with Crippen LogP contribution < -0.4 is 0 Å². The molecule has 134 valence electrons. The molecule has 0 bridgehead atoms. The van der Waals surface area contributed by atoms with Crippen LogP contribution in [-0.2, 0) is 11.3 Å². The van der Waals surface area contributed by atoms with Gasteiger partial charge in [-0.25, -0.2) is 9.97 Å². The number of rotatable bonds is 3. The molecule has 7 nitrogen and oxygen atoms in total. The quantitative estimate of drug-likeness (QED) is 0.838. The highest BCUT2D eigenvalue weighted by atomic mass is 16.2. The van der Waals surface area contributed by atoms with E-state index in [0.717, 1.165) is 24.9 Å². The van der Waals surface area contributed by atoms with Crippen LogP contribution in [-0.4, -0.2) is 56.2 Å². The smallest absolute Gasteiger partial charge is 0.256 e. The molecule has 2 fully saturated rings. The standard InChI is InChI=1S/C19H21N5O2/c25-17-8-19(13-24(17)12-15-2-1-5-20-9-15)3-6-23(7-4-19)18(26)16-10-21-14-22-11-16/h1-2,5,9-11,14H,3-4,6-8,12-13H2. The molecule has 4 rings (SSSR count). The fraction of sp³-hybridized carbons (Fsp3) is 0.421. The number of hydrogen-bond acceptors (Lipinski definition) is 5. The predicted molar refractivity (Wildman–Crippen MR) is 93.9 cm³/mol. The average Bonchev–Trinajstić information content (AvgIpc) is 2.98. The minimum Gasteiger partial charge on any atom is -0.339 e. The van der Waals surface area contributed by atoms with Gasteiger partial charge in [0, 0.05) is 62.8 Å². The lowest BCUT2D eigenvalue weighted by Gasteiger charge is -2.38. The lowest BCUT2D eigenvalue weighted by atomic mass is 9.77. The molecule has 2 aromatic rings.